The Morgan fingerprint density at radius 3 is 2.38 bits per heavy atom. The molecule has 1 aromatic heterocycles. The molecule has 0 aliphatic rings. The Hall–Kier alpha value is -1.41. The summed E-state index contributed by atoms with van der Waals surface area (Å²) < 4.78 is 0. The third-order valence-electron chi connectivity index (χ3n) is 1.84. The average Bonchev–Trinajstić information content (AvgIpc) is 2.20. The van der Waals surface area contributed by atoms with Crippen molar-refractivity contribution in [2.75, 3.05) is 5.73 Å². The van der Waals surface area contributed by atoms with E-state index in [1.54, 1.807) is 11.3 Å². The smallest absolute Gasteiger partial charge is 0.260 e. The lowest BCUT2D eigenvalue weighted by Crippen LogP contribution is -1.86. The van der Waals surface area contributed by atoms with Crippen molar-refractivity contribution < 1.29 is 0 Å². The number of hydrogen-bond donors (Lipinski definition) is 1. The van der Waals surface area contributed by atoms with E-state index in [0.717, 1.165) is 10.6 Å². The second-order valence-electron chi connectivity index (χ2n) is 2.76. The van der Waals surface area contributed by atoms with Crippen LogP contribution < -0.4 is 5.73 Å². The van der Waals surface area contributed by atoms with Crippen molar-refractivity contribution in [3.63, 3.8) is 0 Å². The fourth-order valence-electron chi connectivity index (χ4n) is 1.22. The third kappa shape index (κ3) is 1.68. The third-order valence-corrected chi connectivity index (χ3v) is 2.84. The molecule has 0 fully saturated rings. The Kier molecular flexibility index (Phi) is 2.23. The van der Waals surface area contributed by atoms with E-state index in [0.29, 0.717) is 0 Å². The van der Waals surface area contributed by atoms with Crippen molar-refractivity contribution in [2.45, 2.75) is 0 Å². The summed E-state index contributed by atoms with van der Waals surface area (Å²) >= 11 is 1.67. The van der Waals surface area contributed by atoms with Crippen LogP contribution in [0.15, 0.2) is 47.8 Å². The van der Waals surface area contributed by atoms with Crippen LogP contribution in [0.4, 0.5) is 5.69 Å². The van der Waals surface area contributed by atoms with E-state index in [9.17, 15) is 0 Å². The number of anilines is 1. The summed E-state index contributed by atoms with van der Waals surface area (Å²) in [6, 6.07) is 14.1. The molecule has 2 heteroatoms. The van der Waals surface area contributed by atoms with Crippen LogP contribution in [0, 0.1) is 0 Å². The highest BCUT2D eigenvalue weighted by Gasteiger charge is 2.11. The molecule has 0 spiro atoms. The Morgan fingerprint density at radius 1 is 0.923 bits per heavy atom. The van der Waals surface area contributed by atoms with Gasteiger partial charge in [-0.2, -0.15) is 0 Å². The fourth-order valence-corrected chi connectivity index (χ4v) is 1.99. The fraction of sp³-hybridized carbons (Fsp3) is 0. The van der Waals surface area contributed by atoms with Gasteiger partial charge in [0.2, 0.25) is 11.3 Å². The number of nitrogens with two attached hydrogens (primary N) is 1. The molecule has 2 rings (SSSR count). The molecule has 0 saturated heterocycles. The quantitative estimate of drug-likeness (QED) is 0.683. The molecule has 0 aliphatic heterocycles. The van der Waals surface area contributed by atoms with Crippen molar-refractivity contribution in [2.24, 2.45) is 0 Å². The second-order valence-corrected chi connectivity index (χ2v) is 3.68. The lowest BCUT2D eigenvalue weighted by molar-refractivity contribution is 1.68. The van der Waals surface area contributed by atoms with Crippen LogP contribution >= 0.6 is 11.3 Å². The molecular weight excluding hydrogens is 178 g/mol. The topological polar surface area (TPSA) is 26.0 Å². The molecule has 0 saturated carbocycles. The van der Waals surface area contributed by atoms with Gasteiger partial charge in [-0.15, -0.1) is 0 Å². The highest BCUT2D eigenvalue weighted by atomic mass is 32.1. The minimum atomic E-state index is 0.846. The Balaban J connectivity index is 2.54. The Labute approximate surface area is 81.5 Å². The molecular formula is C11H10NS+. The maximum absolute atomic E-state index is 5.86. The number of benzene rings is 1. The first-order valence-electron chi connectivity index (χ1n) is 4.09. The molecule has 2 aromatic rings. The molecule has 0 radical (unpaired) electrons. The van der Waals surface area contributed by atoms with E-state index >= 15 is 0 Å². The van der Waals surface area contributed by atoms with Gasteiger partial charge in [0.05, 0.1) is 5.69 Å². The van der Waals surface area contributed by atoms with Crippen LogP contribution in [0.1, 0.15) is 0 Å². The molecule has 1 aromatic carbocycles. The Bertz CT molecular complexity index is 398. The van der Waals surface area contributed by atoms with Crippen LogP contribution in [0.3, 0.4) is 0 Å². The van der Waals surface area contributed by atoms with E-state index in [1.165, 1.54) is 5.56 Å². The zero-order valence-electron chi connectivity index (χ0n) is 7.10. The van der Waals surface area contributed by atoms with Gasteiger partial charge < -0.3 is 5.73 Å². The molecule has 2 N–H and O–H groups in total. The maximum atomic E-state index is 5.86. The van der Waals surface area contributed by atoms with Crippen molar-refractivity contribution in [3.8, 4) is 10.4 Å². The van der Waals surface area contributed by atoms with Crippen LogP contribution in [0.25, 0.3) is 10.4 Å². The zero-order valence-corrected chi connectivity index (χ0v) is 7.92. The molecule has 0 amide bonds. The molecule has 1 heterocycles. The second kappa shape index (κ2) is 3.54. The summed E-state index contributed by atoms with van der Waals surface area (Å²) in [4.78, 5) is 1.14. The highest BCUT2D eigenvalue weighted by Crippen LogP contribution is 2.28. The Morgan fingerprint density at radius 2 is 1.69 bits per heavy atom. The van der Waals surface area contributed by atoms with Crippen LogP contribution in [-0.2, 0) is 0 Å². The molecule has 1 nitrogen and oxygen atoms in total. The highest BCUT2D eigenvalue weighted by molar-refractivity contribution is 7.13. The van der Waals surface area contributed by atoms with E-state index in [-0.39, 0.29) is 0 Å². The lowest BCUT2D eigenvalue weighted by Gasteiger charge is -1.94. The first-order valence-corrected chi connectivity index (χ1v) is 4.97. The standard InChI is InChI=1S/C11H10NS/c12-10-7-4-8-13-11(10)9-5-2-1-3-6-9/h1-8H,12H2/q+1. The molecule has 0 aliphatic carbocycles. The van der Waals surface area contributed by atoms with E-state index in [2.05, 4.69) is 12.1 Å². The predicted octanol–water partition coefficient (Wildman–Crippen LogP) is 3.28. The van der Waals surface area contributed by atoms with E-state index in [1.807, 2.05) is 35.7 Å². The van der Waals surface area contributed by atoms with Crippen LogP contribution in [-0.4, -0.2) is 0 Å². The summed E-state index contributed by atoms with van der Waals surface area (Å²) in [5.74, 6) is 0. The monoisotopic (exact) mass is 188 g/mol. The number of rotatable bonds is 1. The first kappa shape index (κ1) is 8.20. The summed E-state index contributed by atoms with van der Waals surface area (Å²) in [6.45, 7) is 0. The summed E-state index contributed by atoms with van der Waals surface area (Å²) in [5.41, 5.74) is 7.89. The predicted molar refractivity (Wildman–Crippen MR) is 58.6 cm³/mol. The summed E-state index contributed by atoms with van der Waals surface area (Å²) in [5, 5.41) is 2.04. The number of nitrogen functional groups attached to an aromatic ring is 1. The van der Waals surface area contributed by atoms with Crippen molar-refractivity contribution in [1.29, 1.82) is 0 Å². The van der Waals surface area contributed by atoms with Crippen LogP contribution in [0.5, 0.6) is 0 Å². The van der Waals surface area contributed by atoms with Gasteiger partial charge in [0, 0.05) is 5.56 Å². The summed E-state index contributed by atoms with van der Waals surface area (Å²) in [6.07, 6.45) is 0. The minimum absolute atomic E-state index is 0.846. The average molecular weight is 188 g/mol. The van der Waals surface area contributed by atoms with Crippen molar-refractivity contribution in [1.82, 2.24) is 0 Å². The first-order chi connectivity index (χ1) is 6.38. The van der Waals surface area contributed by atoms with E-state index < -0.39 is 0 Å². The zero-order chi connectivity index (χ0) is 9.10. The van der Waals surface area contributed by atoms with Gasteiger partial charge >= 0.3 is 0 Å². The minimum Gasteiger partial charge on any atom is -0.394 e. The van der Waals surface area contributed by atoms with Gasteiger partial charge in [-0.25, -0.2) is 0 Å². The van der Waals surface area contributed by atoms with Crippen molar-refractivity contribution >= 4 is 17.0 Å². The van der Waals surface area contributed by atoms with Gasteiger partial charge in [0.15, 0.2) is 5.38 Å². The molecule has 0 bridgehead atoms. The molecule has 0 unspecified atom stereocenters. The summed E-state index contributed by atoms with van der Waals surface area (Å²) in [7, 11) is 0. The van der Waals surface area contributed by atoms with Gasteiger partial charge in [0.1, 0.15) is 0 Å². The molecule has 13 heavy (non-hydrogen) atoms. The lowest BCUT2D eigenvalue weighted by atomic mass is 10.2. The molecule has 64 valence electrons. The maximum Gasteiger partial charge on any atom is 0.260 e. The van der Waals surface area contributed by atoms with Gasteiger partial charge in [-0.3, -0.25) is 0 Å². The SMILES string of the molecule is Nc1ccc[s+]c1-c1ccccc1. The number of hydrogen-bond acceptors (Lipinski definition) is 1. The normalized spacial score (nSPS) is 9.85. The van der Waals surface area contributed by atoms with Gasteiger partial charge in [-0.05, 0) is 24.3 Å². The van der Waals surface area contributed by atoms with Gasteiger partial charge in [0.25, 0.3) is 4.88 Å². The van der Waals surface area contributed by atoms with Gasteiger partial charge in [-0.1, -0.05) is 18.2 Å². The van der Waals surface area contributed by atoms with Crippen molar-refractivity contribution in [3.05, 3.63) is 47.8 Å². The molecule has 0 atom stereocenters. The largest absolute Gasteiger partial charge is 0.394 e. The van der Waals surface area contributed by atoms with Crippen LogP contribution in [0.2, 0.25) is 0 Å². The van der Waals surface area contributed by atoms with E-state index in [4.69, 9.17) is 5.73 Å².